The maximum Gasteiger partial charge on any atom is 0.339 e. The molecular formula is C20H24O2S. The van der Waals surface area contributed by atoms with Gasteiger partial charge >= 0.3 is 5.97 Å². The van der Waals surface area contributed by atoms with Gasteiger partial charge in [0.2, 0.25) is 0 Å². The minimum atomic E-state index is -0.236. The third-order valence-electron chi connectivity index (χ3n) is 4.73. The Morgan fingerprint density at radius 2 is 1.35 bits per heavy atom. The van der Waals surface area contributed by atoms with Gasteiger partial charge in [0.1, 0.15) is 6.61 Å². The molecular weight excluding hydrogens is 304 g/mol. The van der Waals surface area contributed by atoms with E-state index in [0.29, 0.717) is 12.2 Å². The second kappa shape index (κ2) is 7.22. The van der Waals surface area contributed by atoms with Crippen LogP contribution >= 0.6 is 11.8 Å². The van der Waals surface area contributed by atoms with Gasteiger partial charge in [0, 0.05) is 4.90 Å². The molecule has 0 aromatic heterocycles. The van der Waals surface area contributed by atoms with Gasteiger partial charge in [0.25, 0.3) is 0 Å². The molecule has 122 valence electrons. The molecule has 3 heteroatoms. The zero-order valence-electron chi connectivity index (χ0n) is 14.7. The van der Waals surface area contributed by atoms with Crippen molar-refractivity contribution in [1.29, 1.82) is 0 Å². The summed E-state index contributed by atoms with van der Waals surface area (Å²) < 4.78 is 5.55. The SMILES string of the molecule is CSc1ccc(COC(=O)c2c(C)c(C)c(C)c(C)c2C)cc1. The predicted molar refractivity (Wildman–Crippen MR) is 97.5 cm³/mol. The number of rotatable bonds is 4. The number of hydrogen-bond donors (Lipinski definition) is 0. The van der Waals surface area contributed by atoms with E-state index in [1.54, 1.807) is 11.8 Å². The molecule has 23 heavy (non-hydrogen) atoms. The zero-order valence-corrected chi connectivity index (χ0v) is 15.6. The van der Waals surface area contributed by atoms with Gasteiger partial charge in [-0.25, -0.2) is 4.79 Å². The van der Waals surface area contributed by atoms with Crippen LogP contribution in [0, 0.1) is 34.6 Å². The molecule has 0 aliphatic heterocycles. The van der Waals surface area contributed by atoms with Gasteiger partial charge in [0.05, 0.1) is 5.56 Å². The maximum absolute atomic E-state index is 12.6. The van der Waals surface area contributed by atoms with Gasteiger partial charge in [-0.1, -0.05) is 12.1 Å². The van der Waals surface area contributed by atoms with E-state index in [1.807, 2.05) is 44.4 Å². The Kier molecular flexibility index (Phi) is 5.53. The van der Waals surface area contributed by atoms with E-state index in [4.69, 9.17) is 4.74 Å². The third kappa shape index (κ3) is 3.61. The van der Waals surface area contributed by atoms with E-state index >= 15 is 0 Å². The lowest BCUT2D eigenvalue weighted by atomic mass is 9.90. The molecule has 0 bridgehead atoms. The van der Waals surface area contributed by atoms with Crippen molar-refractivity contribution in [3.05, 3.63) is 63.2 Å². The molecule has 0 atom stereocenters. The monoisotopic (exact) mass is 328 g/mol. The molecule has 0 saturated carbocycles. The quantitative estimate of drug-likeness (QED) is 0.562. The average Bonchev–Trinajstić information content (AvgIpc) is 2.57. The molecule has 0 spiro atoms. The first kappa shape index (κ1) is 17.6. The fraction of sp³-hybridized carbons (Fsp3) is 0.350. The van der Waals surface area contributed by atoms with Crippen molar-refractivity contribution in [2.75, 3.05) is 6.26 Å². The molecule has 0 aliphatic carbocycles. The van der Waals surface area contributed by atoms with Crippen LogP contribution in [0.2, 0.25) is 0 Å². The van der Waals surface area contributed by atoms with Crippen LogP contribution in [0.1, 0.15) is 43.7 Å². The van der Waals surface area contributed by atoms with Crippen molar-refractivity contribution in [3.8, 4) is 0 Å². The summed E-state index contributed by atoms with van der Waals surface area (Å²) in [7, 11) is 0. The van der Waals surface area contributed by atoms with Gasteiger partial charge in [0.15, 0.2) is 0 Å². The smallest absolute Gasteiger partial charge is 0.339 e. The van der Waals surface area contributed by atoms with Crippen LogP contribution in [0.4, 0.5) is 0 Å². The minimum Gasteiger partial charge on any atom is -0.457 e. The van der Waals surface area contributed by atoms with Crippen molar-refractivity contribution in [2.24, 2.45) is 0 Å². The van der Waals surface area contributed by atoms with Crippen LogP contribution in [0.3, 0.4) is 0 Å². The highest BCUT2D eigenvalue weighted by Crippen LogP contribution is 2.27. The average molecular weight is 328 g/mol. The molecule has 0 N–H and O–H groups in total. The highest BCUT2D eigenvalue weighted by Gasteiger charge is 2.19. The zero-order chi connectivity index (χ0) is 17.1. The van der Waals surface area contributed by atoms with Crippen LogP contribution in [-0.2, 0) is 11.3 Å². The van der Waals surface area contributed by atoms with E-state index in [0.717, 1.165) is 16.7 Å². The lowest BCUT2D eigenvalue weighted by molar-refractivity contribution is 0.0470. The van der Waals surface area contributed by atoms with Crippen molar-refractivity contribution in [1.82, 2.24) is 0 Å². The van der Waals surface area contributed by atoms with Gasteiger partial charge in [-0.05, 0) is 86.4 Å². The van der Waals surface area contributed by atoms with Crippen LogP contribution in [0.5, 0.6) is 0 Å². The van der Waals surface area contributed by atoms with Gasteiger partial charge < -0.3 is 4.74 Å². The van der Waals surface area contributed by atoms with E-state index < -0.39 is 0 Å². The van der Waals surface area contributed by atoms with Crippen LogP contribution in [0.15, 0.2) is 29.2 Å². The van der Waals surface area contributed by atoms with Gasteiger partial charge in [-0.2, -0.15) is 0 Å². The molecule has 0 heterocycles. The van der Waals surface area contributed by atoms with E-state index in [2.05, 4.69) is 20.8 Å². The molecule has 0 amide bonds. The molecule has 0 aliphatic rings. The molecule has 0 radical (unpaired) electrons. The first-order valence-electron chi connectivity index (χ1n) is 7.73. The Bertz CT molecular complexity index is 701. The van der Waals surface area contributed by atoms with Crippen LogP contribution in [0.25, 0.3) is 0 Å². The summed E-state index contributed by atoms with van der Waals surface area (Å²) in [5.41, 5.74) is 7.36. The summed E-state index contributed by atoms with van der Waals surface area (Å²) in [4.78, 5) is 13.8. The summed E-state index contributed by atoms with van der Waals surface area (Å²) in [5, 5.41) is 0. The van der Waals surface area contributed by atoms with Gasteiger partial charge in [-0.3, -0.25) is 0 Å². The first-order chi connectivity index (χ1) is 10.9. The Balaban J connectivity index is 2.21. The molecule has 2 aromatic rings. The Labute approximate surface area is 143 Å². The molecule has 2 rings (SSSR count). The lowest BCUT2D eigenvalue weighted by Gasteiger charge is -2.17. The van der Waals surface area contributed by atoms with Crippen molar-refractivity contribution >= 4 is 17.7 Å². The highest BCUT2D eigenvalue weighted by atomic mass is 32.2. The predicted octanol–water partition coefficient (Wildman–Crippen LogP) is 5.31. The van der Waals surface area contributed by atoms with Crippen LogP contribution < -0.4 is 0 Å². The standard InChI is InChI=1S/C20H24O2S/c1-12-13(2)15(4)19(16(5)14(12)3)20(21)22-11-17-7-9-18(23-6)10-8-17/h7-10H,11H2,1-6H3. The minimum absolute atomic E-state index is 0.236. The highest BCUT2D eigenvalue weighted by molar-refractivity contribution is 7.98. The summed E-state index contributed by atoms with van der Waals surface area (Å²) in [5.74, 6) is -0.236. The van der Waals surface area contributed by atoms with Crippen LogP contribution in [-0.4, -0.2) is 12.2 Å². The Morgan fingerprint density at radius 3 is 1.83 bits per heavy atom. The largest absolute Gasteiger partial charge is 0.457 e. The number of hydrogen-bond acceptors (Lipinski definition) is 3. The molecule has 2 nitrogen and oxygen atoms in total. The van der Waals surface area contributed by atoms with Gasteiger partial charge in [-0.15, -0.1) is 11.8 Å². The summed E-state index contributed by atoms with van der Waals surface area (Å²) >= 11 is 1.70. The number of carbonyl (C=O) groups excluding carboxylic acids is 1. The summed E-state index contributed by atoms with van der Waals surface area (Å²) in [6.07, 6.45) is 2.04. The number of ether oxygens (including phenoxy) is 1. The van der Waals surface area contributed by atoms with E-state index in [9.17, 15) is 4.79 Å². The molecule has 2 aromatic carbocycles. The van der Waals surface area contributed by atoms with Crippen molar-refractivity contribution < 1.29 is 9.53 Å². The maximum atomic E-state index is 12.6. The van der Waals surface area contributed by atoms with Crippen molar-refractivity contribution in [3.63, 3.8) is 0 Å². The topological polar surface area (TPSA) is 26.3 Å². The van der Waals surface area contributed by atoms with E-state index in [-0.39, 0.29) is 5.97 Å². The molecule has 0 saturated heterocycles. The lowest BCUT2D eigenvalue weighted by Crippen LogP contribution is -2.12. The van der Waals surface area contributed by atoms with Crippen molar-refractivity contribution in [2.45, 2.75) is 46.1 Å². The second-order valence-electron chi connectivity index (χ2n) is 5.92. The number of benzene rings is 2. The Hall–Kier alpha value is -1.74. The summed E-state index contributed by atoms with van der Waals surface area (Å²) in [6.45, 7) is 10.5. The second-order valence-corrected chi connectivity index (χ2v) is 6.80. The Morgan fingerprint density at radius 1 is 0.870 bits per heavy atom. The fourth-order valence-electron chi connectivity index (χ4n) is 2.75. The number of carbonyl (C=O) groups is 1. The number of thioether (sulfide) groups is 1. The summed E-state index contributed by atoms with van der Waals surface area (Å²) in [6, 6.07) is 8.10. The normalized spacial score (nSPS) is 10.7. The molecule has 0 unspecified atom stereocenters. The van der Waals surface area contributed by atoms with E-state index in [1.165, 1.54) is 21.6 Å². The fourth-order valence-corrected chi connectivity index (χ4v) is 3.16. The molecule has 0 fully saturated rings. The first-order valence-corrected chi connectivity index (χ1v) is 8.96. The third-order valence-corrected chi connectivity index (χ3v) is 5.48. The number of esters is 1.